The molecule has 0 aliphatic heterocycles. The summed E-state index contributed by atoms with van der Waals surface area (Å²) in [4.78, 5) is 20.8. The Balaban J connectivity index is 1.38. The van der Waals surface area contributed by atoms with Crippen molar-refractivity contribution in [3.63, 3.8) is 0 Å². The maximum Gasteiger partial charge on any atom is 0.230 e. The van der Waals surface area contributed by atoms with E-state index in [1.165, 1.54) is 54.3 Å². The Morgan fingerprint density at radius 2 is 2.00 bits per heavy atom. The van der Waals surface area contributed by atoms with Gasteiger partial charge >= 0.3 is 0 Å². The van der Waals surface area contributed by atoms with Crippen LogP contribution in [0.15, 0.2) is 41.7 Å². The summed E-state index contributed by atoms with van der Waals surface area (Å²) in [6.07, 6.45) is 5.97. The average Bonchev–Trinajstić information content (AvgIpc) is 3.09. The van der Waals surface area contributed by atoms with Gasteiger partial charge in [-0.25, -0.2) is 19.0 Å². The number of thioether (sulfide) groups is 1. The molecular formula is C21H22FN5OS. The summed E-state index contributed by atoms with van der Waals surface area (Å²) in [6.45, 7) is 2.41. The van der Waals surface area contributed by atoms with Crippen LogP contribution in [0.3, 0.4) is 0 Å². The standard InChI is InChI=1S/C21H22FN5OS/c1-14-17-4-2-3-5-18(17)27(26-14)19-10-21(25-13-24-19)29-12-20(28)23-11-15-6-8-16(22)9-7-15/h6-10,13H,2-5,11-12H2,1H3,(H,23,28). The Hall–Kier alpha value is -2.74. The van der Waals surface area contributed by atoms with Crippen molar-refractivity contribution in [2.45, 2.75) is 44.2 Å². The summed E-state index contributed by atoms with van der Waals surface area (Å²) < 4.78 is 14.9. The first-order chi connectivity index (χ1) is 14.1. The number of nitrogens with zero attached hydrogens (tertiary/aromatic N) is 4. The van der Waals surface area contributed by atoms with Gasteiger partial charge in [-0.3, -0.25) is 4.79 Å². The summed E-state index contributed by atoms with van der Waals surface area (Å²) in [6, 6.07) is 7.96. The molecule has 0 unspecified atom stereocenters. The van der Waals surface area contributed by atoms with Crippen LogP contribution in [-0.2, 0) is 24.2 Å². The Morgan fingerprint density at radius 1 is 1.21 bits per heavy atom. The number of benzene rings is 1. The van der Waals surface area contributed by atoms with Crippen LogP contribution in [0.2, 0.25) is 0 Å². The number of fused-ring (bicyclic) bond motifs is 1. The molecule has 0 atom stereocenters. The number of nitrogens with one attached hydrogen (secondary N) is 1. The second-order valence-electron chi connectivity index (χ2n) is 7.04. The predicted molar refractivity (Wildman–Crippen MR) is 110 cm³/mol. The van der Waals surface area contributed by atoms with E-state index in [1.54, 1.807) is 12.1 Å². The number of hydrogen-bond acceptors (Lipinski definition) is 5. The predicted octanol–water partition coefficient (Wildman–Crippen LogP) is 3.40. The van der Waals surface area contributed by atoms with Gasteiger partial charge in [-0.05, 0) is 55.9 Å². The summed E-state index contributed by atoms with van der Waals surface area (Å²) in [5.41, 5.74) is 4.49. The van der Waals surface area contributed by atoms with Gasteiger partial charge in [-0.15, -0.1) is 0 Å². The molecule has 6 nitrogen and oxygen atoms in total. The summed E-state index contributed by atoms with van der Waals surface area (Å²) in [7, 11) is 0. The molecule has 2 heterocycles. The highest BCUT2D eigenvalue weighted by molar-refractivity contribution is 7.99. The Bertz CT molecular complexity index is 1020. The zero-order valence-electron chi connectivity index (χ0n) is 16.2. The van der Waals surface area contributed by atoms with Crippen LogP contribution >= 0.6 is 11.8 Å². The van der Waals surface area contributed by atoms with E-state index in [-0.39, 0.29) is 17.5 Å². The van der Waals surface area contributed by atoms with Crippen molar-refractivity contribution in [3.05, 3.63) is 65.0 Å². The number of carbonyl (C=O) groups is 1. The van der Waals surface area contributed by atoms with Crippen molar-refractivity contribution in [2.75, 3.05) is 5.75 Å². The van der Waals surface area contributed by atoms with Crippen LogP contribution < -0.4 is 5.32 Å². The van der Waals surface area contributed by atoms with Crippen molar-refractivity contribution in [3.8, 4) is 5.82 Å². The molecule has 29 heavy (non-hydrogen) atoms. The maximum absolute atomic E-state index is 12.9. The van der Waals surface area contributed by atoms with Gasteiger partial charge in [0.2, 0.25) is 5.91 Å². The SMILES string of the molecule is Cc1nn(-c2cc(SCC(=O)NCc3ccc(F)cc3)ncn2)c2c1CCCC2. The Morgan fingerprint density at radius 3 is 2.83 bits per heavy atom. The van der Waals surface area contributed by atoms with Gasteiger partial charge < -0.3 is 5.32 Å². The molecule has 2 aromatic heterocycles. The fourth-order valence-corrected chi connectivity index (χ4v) is 4.18. The van der Waals surface area contributed by atoms with Crippen molar-refractivity contribution < 1.29 is 9.18 Å². The van der Waals surface area contributed by atoms with Gasteiger partial charge in [0.15, 0.2) is 5.82 Å². The zero-order chi connectivity index (χ0) is 20.2. The topological polar surface area (TPSA) is 72.7 Å². The highest BCUT2D eigenvalue weighted by atomic mass is 32.2. The highest BCUT2D eigenvalue weighted by Crippen LogP contribution is 2.26. The normalized spacial score (nSPS) is 13.2. The lowest BCUT2D eigenvalue weighted by molar-refractivity contribution is -0.118. The second kappa shape index (κ2) is 8.73. The molecule has 150 valence electrons. The van der Waals surface area contributed by atoms with Crippen LogP contribution in [0.1, 0.15) is 35.4 Å². The van der Waals surface area contributed by atoms with Gasteiger partial charge in [0.1, 0.15) is 17.2 Å². The van der Waals surface area contributed by atoms with E-state index in [0.29, 0.717) is 6.54 Å². The molecule has 1 N–H and O–H groups in total. The molecule has 1 aliphatic rings. The number of hydrogen-bond donors (Lipinski definition) is 1. The van der Waals surface area contributed by atoms with Crippen molar-refractivity contribution >= 4 is 17.7 Å². The molecule has 3 aromatic rings. The molecule has 0 spiro atoms. The van der Waals surface area contributed by atoms with Gasteiger partial charge in [-0.1, -0.05) is 23.9 Å². The lowest BCUT2D eigenvalue weighted by Crippen LogP contribution is -2.24. The van der Waals surface area contributed by atoms with E-state index < -0.39 is 0 Å². The monoisotopic (exact) mass is 411 g/mol. The van der Waals surface area contributed by atoms with E-state index >= 15 is 0 Å². The van der Waals surface area contributed by atoms with Crippen LogP contribution in [0.25, 0.3) is 5.82 Å². The highest BCUT2D eigenvalue weighted by Gasteiger charge is 2.20. The molecule has 1 aliphatic carbocycles. The number of rotatable bonds is 6. The van der Waals surface area contributed by atoms with Gasteiger partial charge in [0, 0.05) is 18.3 Å². The Labute approximate surface area is 173 Å². The smallest absolute Gasteiger partial charge is 0.230 e. The molecule has 0 saturated carbocycles. The molecule has 8 heteroatoms. The minimum Gasteiger partial charge on any atom is -0.351 e. The first-order valence-electron chi connectivity index (χ1n) is 9.64. The van der Waals surface area contributed by atoms with Crippen LogP contribution in [-0.4, -0.2) is 31.4 Å². The largest absolute Gasteiger partial charge is 0.351 e. The molecule has 0 saturated heterocycles. The minimum absolute atomic E-state index is 0.105. The fraction of sp³-hybridized carbons (Fsp3) is 0.333. The van der Waals surface area contributed by atoms with E-state index in [4.69, 9.17) is 0 Å². The molecule has 0 radical (unpaired) electrons. The van der Waals surface area contributed by atoms with Gasteiger partial charge in [0.05, 0.1) is 11.4 Å². The number of aryl methyl sites for hydroxylation is 1. The lowest BCUT2D eigenvalue weighted by atomic mass is 9.96. The lowest BCUT2D eigenvalue weighted by Gasteiger charge is -2.13. The van der Waals surface area contributed by atoms with Gasteiger partial charge in [0.25, 0.3) is 0 Å². The third kappa shape index (κ3) is 4.64. The van der Waals surface area contributed by atoms with E-state index in [2.05, 4.69) is 20.4 Å². The summed E-state index contributed by atoms with van der Waals surface area (Å²) in [5.74, 6) is 0.588. The number of aromatic nitrogens is 4. The van der Waals surface area contributed by atoms with Crippen molar-refractivity contribution in [1.82, 2.24) is 25.1 Å². The van der Waals surface area contributed by atoms with Crippen molar-refractivity contribution in [2.24, 2.45) is 0 Å². The summed E-state index contributed by atoms with van der Waals surface area (Å²) >= 11 is 1.35. The molecule has 0 bridgehead atoms. The number of halogens is 1. The van der Waals surface area contributed by atoms with Crippen LogP contribution in [0, 0.1) is 12.7 Å². The molecule has 4 rings (SSSR count). The molecular weight excluding hydrogens is 389 g/mol. The quantitative estimate of drug-likeness (QED) is 0.497. The van der Waals surface area contributed by atoms with Crippen molar-refractivity contribution in [1.29, 1.82) is 0 Å². The average molecular weight is 412 g/mol. The maximum atomic E-state index is 12.9. The van der Waals surface area contributed by atoms with E-state index in [9.17, 15) is 9.18 Å². The van der Waals surface area contributed by atoms with Gasteiger partial charge in [-0.2, -0.15) is 5.10 Å². The minimum atomic E-state index is -0.288. The van der Waals surface area contributed by atoms with E-state index in [0.717, 1.165) is 34.9 Å². The number of amides is 1. The first kappa shape index (κ1) is 19.6. The van der Waals surface area contributed by atoms with Crippen LogP contribution in [0.4, 0.5) is 4.39 Å². The molecule has 1 aromatic carbocycles. The summed E-state index contributed by atoms with van der Waals surface area (Å²) in [5, 5.41) is 8.24. The van der Waals surface area contributed by atoms with Crippen LogP contribution in [0.5, 0.6) is 0 Å². The third-order valence-electron chi connectivity index (χ3n) is 4.98. The molecule has 0 fully saturated rings. The zero-order valence-corrected chi connectivity index (χ0v) is 17.0. The molecule has 1 amide bonds. The second-order valence-corrected chi connectivity index (χ2v) is 8.03. The first-order valence-corrected chi connectivity index (χ1v) is 10.6. The third-order valence-corrected chi connectivity index (χ3v) is 5.91. The van der Waals surface area contributed by atoms with E-state index in [1.807, 2.05) is 17.7 Å². The fourth-order valence-electron chi connectivity index (χ4n) is 3.49. The number of carbonyl (C=O) groups excluding carboxylic acids is 1. The Kier molecular flexibility index (Phi) is 5.89.